The topological polar surface area (TPSA) is 92.9 Å². The minimum absolute atomic E-state index is 0.0651. The molecule has 0 unspecified atom stereocenters. The summed E-state index contributed by atoms with van der Waals surface area (Å²) >= 11 is 5.92. The van der Waals surface area contributed by atoms with E-state index in [2.05, 4.69) is 0 Å². The minimum atomic E-state index is -1.33. The van der Waals surface area contributed by atoms with Crippen LogP contribution in [0.2, 0.25) is 5.02 Å². The molecule has 7 nitrogen and oxygen atoms in total. The Bertz CT molecular complexity index is 572. The molecule has 21 heavy (non-hydrogen) atoms. The molecule has 0 aliphatic heterocycles. The molecule has 1 rings (SSSR count). The zero-order chi connectivity index (χ0) is 16.4. The summed E-state index contributed by atoms with van der Waals surface area (Å²) in [4.78, 5) is 23.2. The molecule has 0 aromatic heterocycles. The molecule has 1 aromatic carbocycles. The van der Waals surface area contributed by atoms with Gasteiger partial charge in [-0.25, -0.2) is 4.79 Å². The van der Waals surface area contributed by atoms with E-state index in [0.29, 0.717) is 0 Å². The van der Waals surface area contributed by atoms with Crippen molar-refractivity contribution in [1.29, 1.82) is 0 Å². The number of benzene rings is 1. The Balaban J connectivity index is 3.18. The summed E-state index contributed by atoms with van der Waals surface area (Å²) in [5.74, 6) is -1.40. The van der Waals surface area contributed by atoms with E-state index in [1.165, 1.54) is 0 Å². The van der Waals surface area contributed by atoms with Crippen molar-refractivity contribution in [1.82, 2.24) is 4.90 Å². The van der Waals surface area contributed by atoms with Crippen molar-refractivity contribution in [2.24, 2.45) is 0 Å². The first kappa shape index (κ1) is 17.2. The third kappa shape index (κ3) is 4.05. The highest BCUT2D eigenvalue weighted by atomic mass is 35.5. The van der Waals surface area contributed by atoms with Crippen molar-refractivity contribution in [2.45, 2.75) is 19.4 Å². The van der Waals surface area contributed by atoms with Crippen LogP contribution < -0.4 is 4.74 Å². The number of nitrogens with zero attached hydrogens (tertiary/aromatic N) is 2. The fourth-order valence-corrected chi connectivity index (χ4v) is 1.64. The number of aromatic carboxylic acids is 1. The van der Waals surface area contributed by atoms with Gasteiger partial charge in [0.05, 0.1) is 9.95 Å². The van der Waals surface area contributed by atoms with Crippen LogP contribution in [0.3, 0.4) is 0 Å². The molecular weight excluding hydrogens is 300 g/mol. The number of halogens is 1. The van der Waals surface area contributed by atoms with Crippen molar-refractivity contribution in [3.05, 3.63) is 32.8 Å². The van der Waals surface area contributed by atoms with E-state index in [9.17, 15) is 14.9 Å². The van der Waals surface area contributed by atoms with Crippen LogP contribution in [0.4, 0.5) is 5.69 Å². The van der Waals surface area contributed by atoms with E-state index in [1.54, 1.807) is 0 Å². The molecule has 0 aliphatic rings. The van der Waals surface area contributed by atoms with Crippen molar-refractivity contribution >= 4 is 23.3 Å². The summed E-state index contributed by atoms with van der Waals surface area (Å²) in [5.41, 5.74) is -1.08. The monoisotopic (exact) mass is 316 g/mol. The molecule has 0 amide bonds. The van der Waals surface area contributed by atoms with Crippen molar-refractivity contribution in [2.75, 3.05) is 20.7 Å². The van der Waals surface area contributed by atoms with Gasteiger partial charge < -0.3 is 14.7 Å². The summed E-state index contributed by atoms with van der Waals surface area (Å²) in [5, 5.41) is 19.8. The summed E-state index contributed by atoms with van der Waals surface area (Å²) in [6.07, 6.45) is 0. The second-order valence-corrected chi connectivity index (χ2v) is 5.77. The number of nitro benzene ring substituents is 1. The number of carboxylic acid groups (broad SMARTS) is 1. The highest BCUT2D eigenvalue weighted by Gasteiger charge is 2.26. The minimum Gasteiger partial charge on any atom is -0.489 e. The maximum Gasteiger partial charge on any atom is 0.339 e. The molecule has 0 radical (unpaired) electrons. The number of hydrogen-bond acceptors (Lipinski definition) is 5. The van der Waals surface area contributed by atoms with Gasteiger partial charge in [0.2, 0.25) is 0 Å². The maximum atomic E-state index is 11.2. The normalized spacial score (nSPS) is 11.5. The lowest BCUT2D eigenvalue weighted by Crippen LogP contribution is -2.43. The number of non-ortho nitro benzene ring substituents is 1. The van der Waals surface area contributed by atoms with E-state index in [4.69, 9.17) is 21.4 Å². The molecule has 1 N–H and O–H groups in total. The highest BCUT2D eigenvalue weighted by Crippen LogP contribution is 2.34. The van der Waals surface area contributed by atoms with Crippen LogP contribution in [-0.4, -0.2) is 47.1 Å². The summed E-state index contributed by atoms with van der Waals surface area (Å²) in [7, 11) is 3.72. The molecule has 0 saturated heterocycles. The number of nitro groups is 1. The van der Waals surface area contributed by atoms with Crippen LogP contribution in [-0.2, 0) is 0 Å². The van der Waals surface area contributed by atoms with Gasteiger partial charge in [0.25, 0.3) is 5.69 Å². The van der Waals surface area contributed by atoms with Gasteiger partial charge in [-0.15, -0.1) is 0 Å². The first-order valence-electron chi connectivity index (χ1n) is 6.07. The predicted octanol–water partition coefficient (Wildman–Crippen LogP) is 2.67. The maximum absolute atomic E-state index is 11.2. The lowest BCUT2D eigenvalue weighted by Gasteiger charge is -2.32. The first-order chi connectivity index (χ1) is 9.56. The number of hydrogen-bond donors (Lipinski definition) is 1. The van der Waals surface area contributed by atoms with Crippen molar-refractivity contribution < 1.29 is 19.6 Å². The quantitative estimate of drug-likeness (QED) is 0.640. The van der Waals surface area contributed by atoms with E-state index in [0.717, 1.165) is 12.1 Å². The molecule has 0 bridgehead atoms. The van der Waals surface area contributed by atoms with Gasteiger partial charge in [-0.1, -0.05) is 11.6 Å². The van der Waals surface area contributed by atoms with Crippen LogP contribution in [0.25, 0.3) is 0 Å². The van der Waals surface area contributed by atoms with E-state index < -0.39 is 16.6 Å². The second-order valence-electron chi connectivity index (χ2n) is 5.36. The second kappa shape index (κ2) is 6.28. The molecule has 0 atom stereocenters. The number of carbonyl (C=O) groups is 1. The predicted molar refractivity (Wildman–Crippen MR) is 78.3 cm³/mol. The molecule has 0 spiro atoms. The van der Waals surface area contributed by atoms with Crippen molar-refractivity contribution in [3.63, 3.8) is 0 Å². The lowest BCUT2D eigenvalue weighted by atomic mass is 10.1. The summed E-state index contributed by atoms with van der Waals surface area (Å²) < 4.78 is 5.51. The van der Waals surface area contributed by atoms with Crippen LogP contribution in [0, 0.1) is 10.1 Å². The van der Waals surface area contributed by atoms with Crippen LogP contribution >= 0.6 is 11.6 Å². The molecule has 0 aliphatic carbocycles. The Labute approximate surface area is 127 Å². The van der Waals surface area contributed by atoms with E-state index >= 15 is 0 Å². The Morgan fingerprint density at radius 3 is 2.48 bits per heavy atom. The molecule has 8 heteroatoms. The van der Waals surface area contributed by atoms with Gasteiger partial charge in [0.1, 0.15) is 12.2 Å². The fourth-order valence-electron chi connectivity index (χ4n) is 1.37. The molecule has 116 valence electrons. The number of likely N-dealkylation sites (N-methyl/N-ethyl adjacent to an activating group) is 1. The van der Waals surface area contributed by atoms with Gasteiger partial charge >= 0.3 is 5.97 Å². The first-order valence-corrected chi connectivity index (χ1v) is 6.45. The largest absolute Gasteiger partial charge is 0.489 e. The van der Waals surface area contributed by atoms with E-state index in [-0.39, 0.29) is 28.5 Å². The van der Waals surface area contributed by atoms with Crippen LogP contribution in [0.15, 0.2) is 12.1 Å². The average Bonchev–Trinajstić information content (AvgIpc) is 2.35. The molecular formula is C13H17ClN2O5. The Morgan fingerprint density at radius 2 is 2.05 bits per heavy atom. The van der Waals surface area contributed by atoms with E-state index in [1.807, 2.05) is 32.8 Å². The van der Waals surface area contributed by atoms with Gasteiger partial charge in [-0.3, -0.25) is 10.1 Å². The number of carboxylic acids is 1. The molecule has 0 heterocycles. The van der Waals surface area contributed by atoms with Crippen LogP contribution in [0.5, 0.6) is 5.75 Å². The Morgan fingerprint density at radius 1 is 1.48 bits per heavy atom. The standard InChI is InChI=1S/C13H17ClN2O5/c1-13(2,15(3)4)7-21-11-9(12(17)18)5-8(16(19)20)6-10(11)14/h5-6H,7H2,1-4H3,(H,17,18). The molecule has 1 aromatic rings. The van der Waals surface area contributed by atoms with Gasteiger partial charge in [0.15, 0.2) is 5.75 Å². The van der Waals surface area contributed by atoms with Gasteiger partial charge in [-0.2, -0.15) is 0 Å². The zero-order valence-corrected chi connectivity index (χ0v) is 13.0. The summed E-state index contributed by atoms with van der Waals surface area (Å²) in [6.45, 7) is 4.00. The molecule has 0 fully saturated rings. The SMILES string of the molecule is CN(C)C(C)(C)COc1c(Cl)cc([N+](=O)[O-])cc1C(=O)O. The lowest BCUT2D eigenvalue weighted by molar-refractivity contribution is -0.384. The van der Waals surface area contributed by atoms with Gasteiger partial charge in [-0.05, 0) is 27.9 Å². The van der Waals surface area contributed by atoms with Gasteiger partial charge in [0, 0.05) is 17.7 Å². The number of rotatable bonds is 6. The Hall–Kier alpha value is -1.86. The fraction of sp³-hybridized carbons (Fsp3) is 0.462. The molecule has 0 saturated carbocycles. The smallest absolute Gasteiger partial charge is 0.339 e. The number of ether oxygens (including phenoxy) is 1. The highest BCUT2D eigenvalue weighted by molar-refractivity contribution is 6.32. The Kier molecular flexibility index (Phi) is 5.14. The third-order valence-electron chi connectivity index (χ3n) is 3.25. The third-order valence-corrected chi connectivity index (χ3v) is 3.53. The summed E-state index contributed by atoms with van der Waals surface area (Å²) in [6, 6.07) is 2.01. The van der Waals surface area contributed by atoms with Crippen molar-refractivity contribution in [3.8, 4) is 5.75 Å². The van der Waals surface area contributed by atoms with Crippen LogP contribution in [0.1, 0.15) is 24.2 Å². The zero-order valence-electron chi connectivity index (χ0n) is 12.2. The average molecular weight is 317 g/mol.